The van der Waals surface area contributed by atoms with Gasteiger partial charge in [0.05, 0.1) is 6.54 Å². The number of benzene rings is 1. The molecule has 0 spiro atoms. The molecule has 0 aromatic heterocycles. The van der Waals surface area contributed by atoms with Crippen molar-refractivity contribution in [1.82, 2.24) is 5.32 Å². The molecule has 3 aliphatic carbocycles. The van der Waals surface area contributed by atoms with Crippen LogP contribution < -0.4 is 10.6 Å². The van der Waals surface area contributed by atoms with E-state index in [0.29, 0.717) is 11.6 Å². The molecule has 31 heavy (non-hydrogen) atoms. The van der Waals surface area contributed by atoms with E-state index in [1.165, 1.54) is 74.2 Å². The molecule has 1 aromatic rings. The largest absolute Gasteiger partial charge is 0.346 e. The van der Waals surface area contributed by atoms with E-state index in [4.69, 9.17) is 4.99 Å². The number of rotatable bonds is 5. The van der Waals surface area contributed by atoms with E-state index in [2.05, 4.69) is 72.2 Å². The van der Waals surface area contributed by atoms with Crippen LogP contribution >= 0.6 is 7.92 Å². The van der Waals surface area contributed by atoms with E-state index in [1.807, 2.05) is 0 Å². The first-order chi connectivity index (χ1) is 15.4. The smallest absolute Gasteiger partial charge is 0.129 e. The predicted molar refractivity (Wildman–Crippen MR) is 135 cm³/mol. The first kappa shape index (κ1) is 21.0. The summed E-state index contributed by atoms with van der Waals surface area (Å²) in [5, 5.41) is 5.14. The van der Waals surface area contributed by atoms with Gasteiger partial charge in [-0.25, -0.2) is 0 Å². The fourth-order valence-electron chi connectivity index (χ4n) is 5.57. The molecule has 3 heteroatoms. The maximum absolute atomic E-state index is 5.15. The molecule has 0 radical (unpaired) electrons. The van der Waals surface area contributed by atoms with Crippen molar-refractivity contribution in [2.45, 2.75) is 63.4 Å². The van der Waals surface area contributed by atoms with Crippen molar-refractivity contribution in [2.75, 3.05) is 6.54 Å². The molecule has 0 saturated carbocycles. The summed E-state index contributed by atoms with van der Waals surface area (Å²) in [6.45, 7) is 0.879. The second-order valence-corrected chi connectivity index (χ2v) is 11.7. The molecule has 1 aliphatic heterocycles. The lowest BCUT2D eigenvalue weighted by molar-refractivity contribution is 0.462. The van der Waals surface area contributed by atoms with E-state index in [-0.39, 0.29) is 0 Å². The number of amidine groups is 1. The van der Waals surface area contributed by atoms with Crippen LogP contribution in [0.1, 0.15) is 57.8 Å². The van der Waals surface area contributed by atoms with Crippen LogP contribution in [0.5, 0.6) is 0 Å². The van der Waals surface area contributed by atoms with Gasteiger partial charge in [0.1, 0.15) is 5.58 Å². The summed E-state index contributed by atoms with van der Waals surface area (Å²) in [6, 6.07) is 11.1. The Hall–Kier alpha value is -1.92. The average Bonchev–Trinajstić information content (AvgIpc) is 2.87. The Kier molecular flexibility index (Phi) is 6.85. The molecule has 162 valence electrons. The molecule has 0 fully saturated rings. The Morgan fingerprint density at radius 1 is 0.871 bits per heavy atom. The molecule has 0 amide bonds. The Balaban J connectivity index is 1.26. The Labute approximate surface area is 189 Å². The molecule has 4 unspecified atom stereocenters. The minimum atomic E-state index is -0.455. The third-order valence-corrected chi connectivity index (χ3v) is 10.1. The van der Waals surface area contributed by atoms with Crippen LogP contribution in [0.4, 0.5) is 0 Å². The molecule has 2 nitrogen and oxygen atoms in total. The van der Waals surface area contributed by atoms with Gasteiger partial charge < -0.3 is 5.32 Å². The number of allylic oxidation sites excluding steroid dienone is 6. The molecule has 1 heterocycles. The number of hydrogen-bond acceptors (Lipinski definition) is 2. The third-order valence-electron chi connectivity index (χ3n) is 7.39. The molecular formula is C28H35N2P. The quantitative estimate of drug-likeness (QED) is 0.402. The van der Waals surface area contributed by atoms with E-state index in [1.54, 1.807) is 5.57 Å². The van der Waals surface area contributed by atoms with E-state index < -0.39 is 7.92 Å². The van der Waals surface area contributed by atoms with E-state index in [0.717, 1.165) is 12.5 Å². The van der Waals surface area contributed by atoms with Crippen LogP contribution in [0.15, 0.2) is 83.1 Å². The van der Waals surface area contributed by atoms with Crippen molar-refractivity contribution in [3.05, 3.63) is 78.1 Å². The SMILES string of the molecule is C1=CC(P(C2=NCC(C3CC=C(C4CC=CCC4)CC3)=CN2)c2ccccc2)CCC1. The minimum Gasteiger partial charge on any atom is -0.346 e. The maximum atomic E-state index is 5.15. The monoisotopic (exact) mass is 430 g/mol. The highest BCUT2D eigenvalue weighted by molar-refractivity contribution is 7.82. The van der Waals surface area contributed by atoms with Crippen molar-refractivity contribution in [2.24, 2.45) is 16.8 Å². The van der Waals surface area contributed by atoms with Crippen LogP contribution in [-0.2, 0) is 0 Å². The van der Waals surface area contributed by atoms with Crippen LogP contribution in [0.25, 0.3) is 0 Å². The van der Waals surface area contributed by atoms with Crippen LogP contribution in [0.2, 0.25) is 0 Å². The summed E-state index contributed by atoms with van der Waals surface area (Å²) in [5.41, 5.74) is 5.07. The second-order valence-electron chi connectivity index (χ2n) is 9.37. The number of hydrogen-bond donors (Lipinski definition) is 1. The van der Waals surface area contributed by atoms with Gasteiger partial charge in [-0.05, 0) is 80.5 Å². The number of aliphatic imine (C=N–C) groups is 1. The fourth-order valence-corrected chi connectivity index (χ4v) is 8.17. The second kappa shape index (κ2) is 10.1. The van der Waals surface area contributed by atoms with Gasteiger partial charge in [-0.2, -0.15) is 0 Å². The van der Waals surface area contributed by atoms with Gasteiger partial charge >= 0.3 is 0 Å². The molecule has 0 bridgehead atoms. The number of nitrogens with zero attached hydrogens (tertiary/aromatic N) is 1. The lowest BCUT2D eigenvalue weighted by Gasteiger charge is -2.33. The van der Waals surface area contributed by atoms with E-state index >= 15 is 0 Å². The van der Waals surface area contributed by atoms with Gasteiger partial charge in [0.15, 0.2) is 0 Å². The Bertz CT molecular complexity index is 908. The number of nitrogens with one attached hydrogen (secondary N) is 1. The lowest BCUT2D eigenvalue weighted by atomic mass is 9.77. The van der Waals surface area contributed by atoms with Gasteiger partial charge in [0, 0.05) is 19.8 Å². The summed E-state index contributed by atoms with van der Waals surface area (Å²) in [7, 11) is -0.455. The Morgan fingerprint density at radius 3 is 2.45 bits per heavy atom. The topological polar surface area (TPSA) is 24.4 Å². The zero-order valence-electron chi connectivity index (χ0n) is 18.5. The van der Waals surface area contributed by atoms with E-state index in [9.17, 15) is 0 Å². The first-order valence-corrected chi connectivity index (χ1v) is 13.6. The van der Waals surface area contributed by atoms with Crippen molar-refractivity contribution < 1.29 is 0 Å². The van der Waals surface area contributed by atoms with Crippen LogP contribution in [0.3, 0.4) is 0 Å². The maximum Gasteiger partial charge on any atom is 0.129 e. The zero-order valence-corrected chi connectivity index (χ0v) is 19.4. The summed E-state index contributed by atoms with van der Waals surface area (Å²) in [5.74, 6) is 1.48. The third kappa shape index (κ3) is 4.96. The summed E-state index contributed by atoms with van der Waals surface area (Å²) in [6.07, 6.45) is 25.9. The normalized spacial score (nSPS) is 29.4. The van der Waals surface area contributed by atoms with Gasteiger partial charge in [0.25, 0.3) is 0 Å². The van der Waals surface area contributed by atoms with Crippen LogP contribution in [0, 0.1) is 11.8 Å². The van der Waals surface area contributed by atoms with Crippen molar-refractivity contribution in [3.8, 4) is 0 Å². The highest BCUT2D eigenvalue weighted by Crippen LogP contribution is 2.46. The van der Waals surface area contributed by atoms with Crippen molar-refractivity contribution in [1.29, 1.82) is 0 Å². The summed E-state index contributed by atoms with van der Waals surface area (Å²) >= 11 is 0. The standard InChI is InChI=1S/C28H35N2P/c1-4-10-22(11-5-1)23-16-18-24(19-17-23)25-20-29-28(30-21-25)31(26-12-6-2-7-13-26)27-14-8-3-9-15-27/h1-2,4,6-8,12-14,16,20,22,24,27H,3,5,9-11,15,17-19,21H2,(H,29,30). The minimum absolute atomic E-state index is 0.455. The van der Waals surface area contributed by atoms with Gasteiger partial charge in [-0.3, -0.25) is 4.99 Å². The first-order valence-electron chi connectivity index (χ1n) is 12.2. The molecule has 0 saturated heterocycles. The Morgan fingerprint density at radius 2 is 1.77 bits per heavy atom. The highest BCUT2D eigenvalue weighted by Gasteiger charge is 2.29. The zero-order chi connectivity index (χ0) is 20.9. The molecule has 5 rings (SSSR count). The van der Waals surface area contributed by atoms with Gasteiger partial charge in [-0.1, -0.05) is 66.3 Å². The fraction of sp³-hybridized carbons (Fsp3) is 0.464. The van der Waals surface area contributed by atoms with Crippen LogP contribution in [-0.4, -0.2) is 17.8 Å². The average molecular weight is 431 g/mol. The van der Waals surface area contributed by atoms with Gasteiger partial charge in [-0.15, -0.1) is 0 Å². The van der Waals surface area contributed by atoms with Crippen molar-refractivity contribution >= 4 is 18.8 Å². The summed E-state index contributed by atoms with van der Waals surface area (Å²) in [4.78, 5) is 5.15. The molecule has 4 atom stereocenters. The predicted octanol–water partition coefficient (Wildman–Crippen LogP) is 6.83. The van der Waals surface area contributed by atoms with Gasteiger partial charge in [0.2, 0.25) is 0 Å². The lowest BCUT2D eigenvalue weighted by Crippen LogP contribution is -2.31. The summed E-state index contributed by atoms with van der Waals surface area (Å²) < 4.78 is 0. The molecular weight excluding hydrogens is 395 g/mol. The molecule has 1 N–H and O–H groups in total. The molecule has 1 aromatic carbocycles. The highest BCUT2D eigenvalue weighted by atomic mass is 31.1. The van der Waals surface area contributed by atoms with Crippen molar-refractivity contribution in [3.63, 3.8) is 0 Å². The molecule has 4 aliphatic rings.